The molecule has 0 radical (unpaired) electrons. The van der Waals surface area contributed by atoms with Crippen molar-refractivity contribution in [1.82, 2.24) is 5.32 Å². The molecule has 0 aromatic heterocycles. The molecule has 0 saturated heterocycles. The Labute approximate surface area is 130 Å². The number of nitrogens with one attached hydrogen (secondary N) is 1. The summed E-state index contributed by atoms with van der Waals surface area (Å²) in [4.78, 5) is 0. The Bertz CT molecular complexity index is 588. The molecule has 0 aliphatic carbocycles. The minimum Gasteiger partial charge on any atom is -0.309 e. The van der Waals surface area contributed by atoms with Crippen molar-refractivity contribution in [2.45, 2.75) is 33.7 Å². The van der Waals surface area contributed by atoms with Crippen molar-refractivity contribution in [3.63, 3.8) is 0 Å². The van der Waals surface area contributed by atoms with Crippen LogP contribution in [0.3, 0.4) is 0 Å². The van der Waals surface area contributed by atoms with Gasteiger partial charge in [-0.05, 0) is 57.0 Å². The van der Waals surface area contributed by atoms with Crippen molar-refractivity contribution in [2.75, 3.05) is 7.05 Å². The highest BCUT2D eigenvalue weighted by Gasteiger charge is 2.14. The lowest BCUT2D eigenvalue weighted by Gasteiger charge is -2.20. The molecular formula is C18H22BrN. The first-order valence-corrected chi connectivity index (χ1v) is 7.73. The molecule has 0 bridgehead atoms. The van der Waals surface area contributed by atoms with Gasteiger partial charge in [0.25, 0.3) is 0 Å². The van der Waals surface area contributed by atoms with Crippen molar-refractivity contribution in [3.8, 4) is 0 Å². The second-order valence-electron chi connectivity index (χ2n) is 5.61. The SMILES string of the molecule is CNC(c1cc(C)cc(C)c1)c1cc(C)c(Br)c(C)c1. The van der Waals surface area contributed by atoms with Gasteiger partial charge in [0.2, 0.25) is 0 Å². The zero-order valence-electron chi connectivity index (χ0n) is 12.8. The van der Waals surface area contributed by atoms with Gasteiger partial charge in [-0.2, -0.15) is 0 Å². The third-order valence-corrected chi connectivity index (χ3v) is 4.91. The van der Waals surface area contributed by atoms with Crippen LogP contribution in [0.25, 0.3) is 0 Å². The van der Waals surface area contributed by atoms with Gasteiger partial charge in [-0.1, -0.05) is 57.4 Å². The summed E-state index contributed by atoms with van der Waals surface area (Å²) in [5.74, 6) is 0. The second kappa shape index (κ2) is 6.11. The monoisotopic (exact) mass is 331 g/mol. The van der Waals surface area contributed by atoms with Crippen LogP contribution in [0.4, 0.5) is 0 Å². The van der Waals surface area contributed by atoms with Crippen LogP contribution in [-0.2, 0) is 0 Å². The minimum absolute atomic E-state index is 0.235. The molecule has 2 heteroatoms. The molecule has 1 nitrogen and oxygen atoms in total. The van der Waals surface area contributed by atoms with E-state index in [2.05, 4.69) is 79.3 Å². The van der Waals surface area contributed by atoms with Crippen molar-refractivity contribution in [1.29, 1.82) is 0 Å². The van der Waals surface area contributed by atoms with E-state index in [-0.39, 0.29) is 6.04 Å². The summed E-state index contributed by atoms with van der Waals surface area (Å²) in [6.07, 6.45) is 0. The summed E-state index contributed by atoms with van der Waals surface area (Å²) in [5, 5.41) is 3.45. The van der Waals surface area contributed by atoms with E-state index in [1.54, 1.807) is 0 Å². The number of rotatable bonds is 3. The Balaban J connectivity index is 2.52. The third kappa shape index (κ3) is 3.13. The zero-order valence-corrected chi connectivity index (χ0v) is 14.4. The normalized spacial score (nSPS) is 12.5. The van der Waals surface area contributed by atoms with E-state index in [0.717, 1.165) is 0 Å². The van der Waals surface area contributed by atoms with E-state index in [1.807, 2.05) is 7.05 Å². The van der Waals surface area contributed by atoms with Crippen LogP contribution in [0, 0.1) is 27.7 Å². The summed E-state index contributed by atoms with van der Waals surface area (Å²) >= 11 is 3.64. The molecule has 2 aromatic carbocycles. The highest BCUT2D eigenvalue weighted by Crippen LogP contribution is 2.29. The molecule has 0 fully saturated rings. The molecule has 20 heavy (non-hydrogen) atoms. The summed E-state index contributed by atoms with van der Waals surface area (Å²) in [5.41, 5.74) is 7.83. The lowest BCUT2D eigenvalue weighted by molar-refractivity contribution is 0.689. The predicted octanol–water partition coefficient (Wildman–Crippen LogP) is 4.99. The first kappa shape index (κ1) is 15.3. The predicted molar refractivity (Wildman–Crippen MR) is 90.4 cm³/mol. The van der Waals surface area contributed by atoms with E-state index in [1.165, 1.54) is 37.9 Å². The van der Waals surface area contributed by atoms with Gasteiger partial charge in [0, 0.05) is 4.47 Å². The zero-order chi connectivity index (χ0) is 14.9. The quantitative estimate of drug-likeness (QED) is 0.835. The topological polar surface area (TPSA) is 12.0 Å². The second-order valence-corrected chi connectivity index (χ2v) is 6.40. The first-order valence-electron chi connectivity index (χ1n) is 6.94. The number of halogens is 1. The minimum atomic E-state index is 0.235. The molecule has 0 saturated carbocycles. The van der Waals surface area contributed by atoms with Gasteiger partial charge < -0.3 is 5.32 Å². The molecule has 1 atom stereocenters. The summed E-state index contributed by atoms with van der Waals surface area (Å²) < 4.78 is 1.21. The van der Waals surface area contributed by atoms with Crippen LogP contribution < -0.4 is 5.32 Å². The maximum absolute atomic E-state index is 3.64. The molecule has 0 spiro atoms. The van der Waals surface area contributed by atoms with E-state index >= 15 is 0 Å². The van der Waals surface area contributed by atoms with Gasteiger partial charge in [0.05, 0.1) is 6.04 Å². The fourth-order valence-electron chi connectivity index (χ4n) is 2.85. The van der Waals surface area contributed by atoms with E-state index in [0.29, 0.717) is 0 Å². The molecule has 0 amide bonds. The smallest absolute Gasteiger partial charge is 0.0574 e. The Kier molecular flexibility index (Phi) is 4.66. The van der Waals surface area contributed by atoms with Gasteiger partial charge in [0.1, 0.15) is 0 Å². The molecule has 2 rings (SSSR count). The highest BCUT2D eigenvalue weighted by molar-refractivity contribution is 9.10. The van der Waals surface area contributed by atoms with E-state index in [4.69, 9.17) is 0 Å². The van der Waals surface area contributed by atoms with Crippen molar-refractivity contribution in [2.24, 2.45) is 0 Å². The van der Waals surface area contributed by atoms with Crippen LogP contribution in [-0.4, -0.2) is 7.05 Å². The Morgan fingerprint density at radius 3 is 1.70 bits per heavy atom. The average Bonchev–Trinajstić information content (AvgIpc) is 2.35. The molecule has 2 aromatic rings. The van der Waals surface area contributed by atoms with Crippen LogP contribution in [0.1, 0.15) is 39.4 Å². The largest absolute Gasteiger partial charge is 0.309 e. The van der Waals surface area contributed by atoms with Gasteiger partial charge in [-0.25, -0.2) is 0 Å². The maximum atomic E-state index is 3.64. The van der Waals surface area contributed by atoms with Gasteiger partial charge >= 0.3 is 0 Å². The lowest BCUT2D eigenvalue weighted by atomic mass is 9.93. The Morgan fingerprint density at radius 2 is 1.25 bits per heavy atom. The van der Waals surface area contributed by atoms with Crippen LogP contribution in [0.15, 0.2) is 34.8 Å². The standard InChI is InChI=1S/C18H22BrN/c1-11-6-12(2)8-15(7-11)18(20-5)16-9-13(3)17(19)14(4)10-16/h6-10,18,20H,1-5H3. The van der Waals surface area contributed by atoms with Crippen LogP contribution in [0.5, 0.6) is 0 Å². The van der Waals surface area contributed by atoms with E-state index in [9.17, 15) is 0 Å². The molecule has 1 N–H and O–H groups in total. The molecular weight excluding hydrogens is 310 g/mol. The summed E-state index contributed by atoms with van der Waals surface area (Å²) in [7, 11) is 2.02. The van der Waals surface area contributed by atoms with Gasteiger partial charge in [0.15, 0.2) is 0 Å². The lowest BCUT2D eigenvalue weighted by Crippen LogP contribution is -2.18. The number of hydrogen-bond donors (Lipinski definition) is 1. The summed E-state index contributed by atoms with van der Waals surface area (Å²) in [6, 6.07) is 11.5. The fraction of sp³-hybridized carbons (Fsp3) is 0.333. The van der Waals surface area contributed by atoms with Crippen molar-refractivity contribution in [3.05, 3.63) is 68.2 Å². The molecule has 0 heterocycles. The number of benzene rings is 2. The highest BCUT2D eigenvalue weighted by atomic mass is 79.9. The Hall–Kier alpha value is -1.12. The molecule has 0 aliphatic heterocycles. The Morgan fingerprint density at radius 1 is 0.800 bits per heavy atom. The van der Waals surface area contributed by atoms with E-state index < -0.39 is 0 Å². The number of aryl methyl sites for hydroxylation is 4. The van der Waals surface area contributed by atoms with Gasteiger partial charge in [-0.15, -0.1) is 0 Å². The van der Waals surface area contributed by atoms with Crippen molar-refractivity contribution < 1.29 is 0 Å². The van der Waals surface area contributed by atoms with Crippen LogP contribution >= 0.6 is 15.9 Å². The average molecular weight is 332 g/mol. The first-order chi connectivity index (χ1) is 9.42. The van der Waals surface area contributed by atoms with Crippen molar-refractivity contribution >= 4 is 15.9 Å². The molecule has 106 valence electrons. The third-order valence-electron chi connectivity index (χ3n) is 3.66. The van der Waals surface area contributed by atoms with Crippen LogP contribution in [0.2, 0.25) is 0 Å². The number of hydrogen-bond acceptors (Lipinski definition) is 1. The maximum Gasteiger partial charge on any atom is 0.0574 e. The molecule has 1 unspecified atom stereocenters. The molecule has 0 aliphatic rings. The van der Waals surface area contributed by atoms with Gasteiger partial charge in [-0.3, -0.25) is 0 Å². The summed E-state index contributed by atoms with van der Waals surface area (Å²) in [6.45, 7) is 8.60. The fourth-order valence-corrected chi connectivity index (χ4v) is 3.08.